The summed E-state index contributed by atoms with van der Waals surface area (Å²) in [7, 11) is 4.00. The van der Waals surface area contributed by atoms with Crippen LogP contribution in [0.5, 0.6) is 0 Å². The van der Waals surface area contributed by atoms with Crippen LogP contribution in [-0.2, 0) is 13.1 Å². The van der Waals surface area contributed by atoms with Gasteiger partial charge < -0.3 is 5.32 Å². The fourth-order valence-electron chi connectivity index (χ4n) is 1.74. The molecule has 5 heteroatoms. The van der Waals surface area contributed by atoms with E-state index in [1.807, 2.05) is 19.3 Å². The summed E-state index contributed by atoms with van der Waals surface area (Å²) in [4.78, 5) is 7.97. The molecule has 0 saturated heterocycles. The highest BCUT2D eigenvalue weighted by Crippen LogP contribution is 2.21. The fourth-order valence-corrected chi connectivity index (χ4v) is 3.27. The van der Waals surface area contributed by atoms with Gasteiger partial charge in [0.25, 0.3) is 0 Å². The minimum atomic E-state index is 0.906. The van der Waals surface area contributed by atoms with Gasteiger partial charge in [0.05, 0.1) is 0 Å². The van der Waals surface area contributed by atoms with Crippen LogP contribution >= 0.6 is 27.3 Å². The topological polar surface area (TPSA) is 28.2 Å². The molecule has 0 spiro atoms. The SMILES string of the molecule is CNc1ccc(CN(C)Cc2cc(Br)cs2)cn1. The van der Waals surface area contributed by atoms with Crippen molar-refractivity contribution in [3.63, 3.8) is 0 Å². The summed E-state index contributed by atoms with van der Waals surface area (Å²) < 4.78 is 1.16. The number of hydrogen-bond acceptors (Lipinski definition) is 4. The highest BCUT2D eigenvalue weighted by molar-refractivity contribution is 9.10. The van der Waals surface area contributed by atoms with Gasteiger partial charge in [-0.15, -0.1) is 11.3 Å². The normalized spacial score (nSPS) is 10.9. The molecular formula is C13H16BrN3S. The molecule has 0 amide bonds. The Kier molecular flexibility index (Phi) is 4.74. The van der Waals surface area contributed by atoms with Crippen LogP contribution in [0, 0.1) is 0 Å². The van der Waals surface area contributed by atoms with Gasteiger partial charge in [-0.25, -0.2) is 4.98 Å². The van der Waals surface area contributed by atoms with E-state index in [-0.39, 0.29) is 0 Å². The molecule has 0 fully saturated rings. The van der Waals surface area contributed by atoms with E-state index in [0.29, 0.717) is 0 Å². The second-order valence-corrected chi connectivity index (χ2v) is 6.12. The first-order chi connectivity index (χ1) is 8.67. The van der Waals surface area contributed by atoms with Gasteiger partial charge in [0.2, 0.25) is 0 Å². The first-order valence-corrected chi connectivity index (χ1v) is 7.39. The number of thiophene rings is 1. The zero-order valence-electron chi connectivity index (χ0n) is 10.5. The van der Waals surface area contributed by atoms with Crippen LogP contribution < -0.4 is 5.32 Å². The summed E-state index contributed by atoms with van der Waals surface area (Å²) in [6.45, 7) is 1.87. The summed E-state index contributed by atoms with van der Waals surface area (Å²) in [5.74, 6) is 0.906. The van der Waals surface area contributed by atoms with Crippen LogP contribution in [0.4, 0.5) is 5.82 Å². The van der Waals surface area contributed by atoms with Gasteiger partial charge in [0.1, 0.15) is 5.82 Å². The van der Waals surface area contributed by atoms with Gasteiger partial charge in [-0.05, 0) is 40.7 Å². The molecule has 18 heavy (non-hydrogen) atoms. The van der Waals surface area contributed by atoms with E-state index in [0.717, 1.165) is 23.4 Å². The highest BCUT2D eigenvalue weighted by Gasteiger charge is 2.04. The predicted molar refractivity (Wildman–Crippen MR) is 81.0 cm³/mol. The lowest BCUT2D eigenvalue weighted by molar-refractivity contribution is 0.321. The third-order valence-corrected chi connectivity index (χ3v) is 4.26. The van der Waals surface area contributed by atoms with Gasteiger partial charge in [-0.1, -0.05) is 6.07 Å². The maximum absolute atomic E-state index is 4.32. The van der Waals surface area contributed by atoms with Crippen LogP contribution in [0.25, 0.3) is 0 Å². The lowest BCUT2D eigenvalue weighted by Gasteiger charge is -2.15. The molecule has 2 aromatic rings. The van der Waals surface area contributed by atoms with E-state index in [1.54, 1.807) is 11.3 Å². The number of nitrogens with one attached hydrogen (secondary N) is 1. The standard InChI is InChI=1S/C13H16BrN3S/c1-15-13-4-3-10(6-16-13)7-17(2)8-12-5-11(14)9-18-12/h3-6,9H,7-8H2,1-2H3,(H,15,16). The number of halogens is 1. The second kappa shape index (κ2) is 6.31. The molecule has 0 aliphatic carbocycles. The largest absolute Gasteiger partial charge is 0.373 e. The molecule has 2 rings (SSSR count). The van der Waals surface area contributed by atoms with Gasteiger partial charge in [0, 0.05) is 41.1 Å². The number of hydrogen-bond donors (Lipinski definition) is 1. The van der Waals surface area contributed by atoms with E-state index >= 15 is 0 Å². The highest BCUT2D eigenvalue weighted by atomic mass is 79.9. The van der Waals surface area contributed by atoms with Crippen molar-refractivity contribution in [1.82, 2.24) is 9.88 Å². The van der Waals surface area contributed by atoms with Crippen molar-refractivity contribution in [1.29, 1.82) is 0 Å². The molecule has 3 nitrogen and oxygen atoms in total. The molecule has 2 aromatic heterocycles. The molecule has 0 aliphatic heterocycles. The van der Waals surface area contributed by atoms with Crippen LogP contribution in [-0.4, -0.2) is 24.0 Å². The molecule has 0 atom stereocenters. The molecular weight excluding hydrogens is 310 g/mol. The van der Waals surface area contributed by atoms with E-state index < -0.39 is 0 Å². The van der Waals surface area contributed by atoms with Crippen molar-refractivity contribution in [2.45, 2.75) is 13.1 Å². The first kappa shape index (κ1) is 13.5. The average molecular weight is 326 g/mol. The number of anilines is 1. The molecule has 0 saturated carbocycles. The number of aromatic nitrogens is 1. The molecule has 0 radical (unpaired) electrons. The maximum Gasteiger partial charge on any atom is 0.125 e. The fraction of sp³-hybridized carbons (Fsp3) is 0.308. The summed E-state index contributed by atoms with van der Waals surface area (Å²) in [5, 5.41) is 5.14. The molecule has 0 aromatic carbocycles. The monoisotopic (exact) mass is 325 g/mol. The molecule has 1 N–H and O–H groups in total. The third kappa shape index (κ3) is 3.80. The van der Waals surface area contributed by atoms with Gasteiger partial charge >= 0.3 is 0 Å². The summed E-state index contributed by atoms with van der Waals surface area (Å²) >= 11 is 5.26. The zero-order chi connectivity index (χ0) is 13.0. The molecule has 0 unspecified atom stereocenters. The summed E-state index contributed by atoms with van der Waals surface area (Å²) in [6, 6.07) is 6.29. The van der Waals surface area contributed by atoms with E-state index in [4.69, 9.17) is 0 Å². The minimum absolute atomic E-state index is 0.906. The van der Waals surface area contributed by atoms with Crippen molar-refractivity contribution >= 4 is 33.1 Å². The van der Waals surface area contributed by atoms with Crippen LogP contribution in [0.1, 0.15) is 10.4 Å². The minimum Gasteiger partial charge on any atom is -0.373 e. The van der Waals surface area contributed by atoms with Gasteiger partial charge in [-0.3, -0.25) is 4.90 Å². The molecule has 0 bridgehead atoms. The second-order valence-electron chi connectivity index (χ2n) is 4.21. The Morgan fingerprint density at radius 3 is 2.78 bits per heavy atom. The third-order valence-electron chi connectivity index (χ3n) is 2.58. The van der Waals surface area contributed by atoms with Gasteiger partial charge in [-0.2, -0.15) is 0 Å². The number of pyridine rings is 1. The van der Waals surface area contributed by atoms with Crippen LogP contribution in [0.15, 0.2) is 34.2 Å². The van der Waals surface area contributed by atoms with Crippen molar-refractivity contribution in [3.8, 4) is 0 Å². The predicted octanol–water partition coefficient (Wildman–Crippen LogP) is 3.58. The van der Waals surface area contributed by atoms with Crippen molar-refractivity contribution in [3.05, 3.63) is 44.7 Å². The quantitative estimate of drug-likeness (QED) is 0.910. The molecule has 2 heterocycles. The Balaban J connectivity index is 1.91. The zero-order valence-corrected chi connectivity index (χ0v) is 12.9. The van der Waals surface area contributed by atoms with Crippen LogP contribution in [0.3, 0.4) is 0 Å². The lowest BCUT2D eigenvalue weighted by Crippen LogP contribution is -2.16. The Labute approximate surface area is 120 Å². The van der Waals surface area contributed by atoms with E-state index in [9.17, 15) is 0 Å². The lowest BCUT2D eigenvalue weighted by atomic mass is 10.2. The average Bonchev–Trinajstić information content (AvgIpc) is 2.75. The van der Waals surface area contributed by atoms with Crippen molar-refractivity contribution < 1.29 is 0 Å². The molecule has 96 valence electrons. The maximum atomic E-state index is 4.32. The van der Waals surface area contributed by atoms with Crippen molar-refractivity contribution in [2.24, 2.45) is 0 Å². The Bertz CT molecular complexity index is 495. The first-order valence-electron chi connectivity index (χ1n) is 5.71. The molecule has 0 aliphatic rings. The summed E-state index contributed by atoms with van der Waals surface area (Å²) in [6.07, 6.45) is 1.92. The number of nitrogens with zero attached hydrogens (tertiary/aromatic N) is 2. The Hall–Kier alpha value is -0.910. The number of rotatable bonds is 5. The van der Waals surface area contributed by atoms with E-state index in [2.05, 4.69) is 55.7 Å². The Morgan fingerprint density at radius 2 is 2.22 bits per heavy atom. The smallest absolute Gasteiger partial charge is 0.125 e. The van der Waals surface area contributed by atoms with Crippen molar-refractivity contribution in [2.75, 3.05) is 19.4 Å². The Morgan fingerprint density at radius 1 is 1.39 bits per heavy atom. The van der Waals surface area contributed by atoms with Crippen LogP contribution in [0.2, 0.25) is 0 Å². The van der Waals surface area contributed by atoms with E-state index in [1.165, 1.54) is 10.4 Å². The summed E-state index contributed by atoms with van der Waals surface area (Å²) in [5.41, 5.74) is 1.23. The van der Waals surface area contributed by atoms with Gasteiger partial charge in [0.15, 0.2) is 0 Å².